The van der Waals surface area contributed by atoms with E-state index in [1.807, 2.05) is 6.92 Å². The number of halogens is 1. The smallest absolute Gasteiger partial charge is 0.358 e. The van der Waals surface area contributed by atoms with Crippen molar-refractivity contribution in [3.63, 3.8) is 0 Å². The summed E-state index contributed by atoms with van der Waals surface area (Å²) in [6.07, 6.45) is 1.57. The lowest BCUT2D eigenvalue weighted by molar-refractivity contribution is 0.0594. The minimum Gasteiger partial charge on any atom is -0.464 e. The van der Waals surface area contributed by atoms with Gasteiger partial charge in [-0.25, -0.2) is 9.78 Å². The number of nitrogens with zero attached hydrogens (tertiary/aromatic N) is 1. The Kier molecular flexibility index (Phi) is 2.65. The molecule has 0 spiro atoms. The van der Waals surface area contributed by atoms with Gasteiger partial charge in [0.2, 0.25) is 0 Å². The summed E-state index contributed by atoms with van der Waals surface area (Å²) in [7, 11) is 1.29. The standard InChI is InChI=1S/C8H8ClNO2/c1-5-3-6(9)7(10-4-5)8(11)12-2/h3-4H,1-2H3. The Bertz CT molecular complexity index is 312. The minimum absolute atomic E-state index is 0.157. The van der Waals surface area contributed by atoms with Crippen molar-refractivity contribution in [1.29, 1.82) is 0 Å². The number of carbonyl (C=O) groups is 1. The van der Waals surface area contributed by atoms with Crippen LogP contribution >= 0.6 is 11.6 Å². The molecule has 0 saturated carbocycles. The highest BCUT2D eigenvalue weighted by molar-refractivity contribution is 6.33. The van der Waals surface area contributed by atoms with Crippen molar-refractivity contribution in [3.05, 3.63) is 28.5 Å². The molecule has 1 aromatic rings. The van der Waals surface area contributed by atoms with Gasteiger partial charge in [0.1, 0.15) is 0 Å². The maximum Gasteiger partial charge on any atom is 0.358 e. The van der Waals surface area contributed by atoms with Gasteiger partial charge in [-0.1, -0.05) is 11.6 Å². The van der Waals surface area contributed by atoms with Gasteiger partial charge in [-0.3, -0.25) is 0 Å². The molecular weight excluding hydrogens is 178 g/mol. The molecule has 1 heterocycles. The zero-order chi connectivity index (χ0) is 9.14. The second-order valence-electron chi connectivity index (χ2n) is 2.33. The second-order valence-corrected chi connectivity index (χ2v) is 2.74. The molecule has 0 radical (unpaired) electrons. The summed E-state index contributed by atoms with van der Waals surface area (Å²) in [4.78, 5) is 14.8. The lowest BCUT2D eigenvalue weighted by Gasteiger charge is -2.00. The molecular formula is C8H8ClNO2. The van der Waals surface area contributed by atoms with Crippen molar-refractivity contribution in [1.82, 2.24) is 4.98 Å². The maximum atomic E-state index is 11.0. The number of hydrogen-bond donors (Lipinski definition) is 0. The Balaban J connectivity index is 3.09. The van der Waals surface area contributed by atoms with Crippen molar-refractivity contribution < 1.29 is 9.53 Å². The van der Waals surface area contributed by atoms with Crippen LogP contribution in [0.4, 0.5) is 0 Å². The zero-order valence-electron chi connectivity index (χ0n) is 6.80. The Morgan fingerprint density at radius 1 is 1.67 bits per heavy atom. The van der Waals surface area contributed by atoms with E-state index in [4.69, 9.17) is 11.6 Å². The van der Waals surface area contributed by atoms with Crippen LogP contribution in [0.2, 0.25) is 5.02 Å². The maximum absolute atomic E-state index is 11.0. The van der Waals surface area contributed by atoms with Gasteiger partial charge < -0.3 is 4.74 Å². The van der Waals surface area contributed by atoms with E-state index in [0.29, 0.717) is 5.02 Å². The summed E-state index contributed by atoms with van der Waals surface area (Å²) in [5.41, 5.74) is 1.07. The molecule has 0 N–H and O–H groups in total. The third kappa shape index (κ3) is 1.74. The Morgan fingerprint density at radius 2 is 2.33 bits per heavy atom. The first-order chi connectivity index (χ1) is 5.65. The fourth-order valence-electron chi connectivity index (χ4n) is 0.780. The average molecular weight is 186 g/mol. The van der Waals surface area contributed by atoms with Gasteiger partial charge in [-0.05, 0) is 18.6 Å². The highest BCUT2D eigenvalue weighted by atomic mass is 35.5. The quantitative estimate of drug-likeness (QED) is 0.627. The average Bonchev–Trinajstić information content (AvgIpc) is 2.03. The van der Waals surface area contributed by atoms with Gasteiger partial charge in [0.25, 0.3) is 0 Å². The van der Waals surface area contributed by atoms with Crippen molar-refractivity contribution in [3.8, 4) is 0 Å². The largest absolute Gasteiger partial charge is 0.464 e. The molecule has 1 rings (SSSR count). The van der Waals surface area contributed by atoms with E-state index >= 15 is 0 Å². The molecule has 0 atom stereocenters. The van der Waals surface area contributed by atoms with E-state index in [1.165, 1.54) is 7.11 Å². The summed E-state index contributed by atoms with van der Waals surface area (Å²) in [5, 5.41) is 0.321. The summed E-state index contributed by atoms with van der Waals surface area (Å²) in [5.74, 6) is -0.514. The fraction of sp³-hybridized carbons (Fsp3) is 0.250. The van der Waals surface area contributed by atoms with E-state index < -0.39 is 5.97 Å². The van der Waals surface area contributed by atoms with Crippen LogP contribution in [0.3, 0.4) is 0 Å². The molecule has 0 aliphatic carbocycles. The van der Waals surface area contributed by atoms with Crippen LogP contribution in [0.1, 0.15) is 16.1 Å². The first-order valence-electron chi connectivity index (χ1n) is 3.35. The lowest BCUT2D eigenvalue weighted by atomic mass is 10.3. The van der Waals surface area contributed by atoms with Gasteiger partial charge in [-0.2, -0.15) is 0 Å². The second kappa shape index (κ2) is 3.54. The Morgan fingerprint density at radius 3 is 2.83 bits per heavy atom. The number of hydrogen-bond acceptors (Lipinski definition) is 3. The van der Waals surface area contributed by atoms with Crippen molar-refractivity contribution in [2.45, 2.75) is 6.92 Å². The normalized spacial score (nSPS) is 9.58. The van der Waals surface area contributed by atoms with E-state index in [9.17, 15) is 4.79 Å². The first kappa shape index (κ1) is 9.00. The van der Waals surface area contributed by atoms with Crippen LogP contribution in [0.5, 0.6) is 0 Å². The molecule has 0 amide bonds. The molecule has 0 fully saturated rings. The van der Waals surface area contributed by atoms with Crippen LogP contribution in [-0.4, -0.2) is 18.1 Å². The van der Waals surface area contributed by atoms with E-state index in [-0.39, 0.29) is 5.69 Å². The fourth-order valence-corrected chi connectivity index (χ4v) is 1.08. The van der Waals surface area contributed by atoms with Gasteiger partial charge in [0.05, 0.1) is 12.1 Å². The predicted molar refractivity (Wildman–Crippen MR) is 45.3 cm³/mol. The van der Waals surface area contributed by atoms with Crippen LogP contribution in [-0.2, 0) is 4.74 Å². The van der Waals surface area contributed by atoms with E-state index in [1.54, 1.807) is 12.3 Å². The molecule has 0 aromatic carbocycles. The number of pyridine rings is 1. The molecule has 0 aliphatic rings. The number of ether oxygens (including phenoxy) is 1. The lowest BCUT2D eigenvalue weighted by Crippen LogP contribution is -2.04. The monoisotopic (exact) mass is 185 g/mol. The molecule has 12 heavy (non-hydrogen) atoms. The Labute approximate surface area is 75.3 Å². The number of methoxy groups -OCH3 is 1. The minimum atomic E-state index is -0.514. The van der Waals surface area contributed by atoms with Crippen LogP contribution < -0.4 is 0 Å². The molecule has 0 saturated heterocycles. The van der Waals surface area contributed by atoms with Gasteiger partial charge in [0.15, 0.2) is 5.69 Å². The summed E-state index contributed by atoms with van der Waals surface area (Å²) >= 11 is 5.74. The molecule has 3 nitrogen and oxygen atoms in total. The molecule has 1 aromatic heterocycles. The van der Waals surface area contributed by atoms with E-state index in [2.05, 4.69) is 9.72 Å². The molecule has 0 unspecified atom stereocenters. The van der Waals surface area contributed by atoms with Gasteiger partial charge in [-0.15, -0.1) is 0 Å². The van der Waals surface area contributed by atoms with E-state index in [0.717, 1.165) is 5.56 Å². The number of rotatable bonds is 1. The zero-order valence-corrected chi connectivity index (χ0v) is 7.55. The van der Waals surface area contributed by atoms with Gasteiger partial charge >= 0.3 is 5.97 Å². The number of aromatic nitrogens is 1. The number of carbonyl (C=O) groups excluding carboxylic acids is 1. The number of esters is 1. The topological polar surface area (TPSA) is 39.2 Å². The summed E-state index contributed by atoms with van der Waals surface area (Å²) in [6, 6.07) is 1.67. The summed E-state index contributed by atoms with van der Waals surface area (Å²) < 4.78 is 4.47. The third-order valence-corrected chi connectivity index (χ3v) is 1.64. The molecule has 64 valence electrons. The van der Waals surface area contributed by atoms with Crippen LogP contribution in [0.15, 0.2) is 12.3 Å². The predicted octanol–water partition coefficient (Wildman–Crippen LogP) is 1.83. The SMILES string of the molecule is COC(=O)c1ncc(C)cc1Cl. The van der Waals surface area contributed by atoms with Crippen molar-refractivity contribution in [2.75, 3.05) is 7.11 Å². The van der Waals surface area contributed by atoms with Crippen LogP contribution in [0.25, 0.3) is 0 Å². The Hall–Kier alpha value is -1.09. The highest BCUT2D eigenvalue weighted by Gasteiger charge is 2.11. The first-order valence-corrected chi connectivity index (χ1v) is 3.73. The molecule has 0 bridgehead atoms. The summed E-state index contributed by atoms with van der Waals surface area (Å²) in [6.45, 7) is 1.85. The number of aryl methyl sites for hydroxylation is 1. The van der Waals surface area contributed by atoms with Crippen molar-refractivity contribution >= 4 is 17.6 Å². The highest BCUT2D eigenvalue weighted by Crippen LogP contribution is 2.15. The van der Waals surface area contributed by atoms with Crippen molar-refractivity contribution in [2.24, 2.45) is 0 Å². The molecule has 4 heteroatoms. The third-order valence-electron chi connectivity index (χ3n) is 1.36. The molecule has 0 aliphatic heterocycles. The van der Waals surface area contributed by atoms with Crippen LogP contribution in [0, 0.1) is 6.92 Å². The van der Waals surface area contributed by atoms with Gasteiger partial charge in [0, 0.05) is 6.20 Å².